The number of morpholine rings is 1. The lowest BCUT2D eigenvalue weighted by Gasteiger charge is -2.35. The number of hydrogen-bond acceptors (Lipinski definition) is 4. The lowest BCUT2D eigenvalue weighted by atomic mass is 10.0. The van der Waals surface area contributed by atoms with Crippen LogP contribution in [0.15, 0.2) is 30.3 Å². The fourth-order valence-electron chi connectivity index (χ4n) is 3.55. The number of aliphatic carboxylic acids is 1. The number of carbonyl (C=O) groups excluding carboxylic acids is 1. The quantitative estimate of drug-likeness (QED) is 0.639. The molecule has 156 valence electrons. The van der Waals surface area contributed by atoms with Gasteiger partial charge in [-0.1, -0.05) is 43.7 Å². The third kappa shape index (κ3) is 7.86. The largest absolute Gasteiger partial charge is 0.480 e. The van der Waals surface area contributed by atoms with Crippen LogP contribution in [-0.2, 0) is 16.0 Å². The zero-order chi connectivity index (χ0) is 20.4. The predicted octanol–water partition coefficient (Wildman–Crippen LogP) is 2.21. The Balaban J connectivity index is 1.83. The molecule has 0 radical (unpaired) electrons. The van der Waals surface area contributed by atoms with Crippen LogP contribution in [0.1, 0.15) is 31.7 Å². The molecule has 7 nitrogen and oxygen atoms in total. The van der Waals surface area contributed by atoms with Crippen LogP contribution in [0.25, 0.3) is 0 Å². The molecule has 1 fully saturated rings. The van der Waals surface area contributed by atoms with Crippen molar-refractivity contribution in [1.29, 1.82) is 0 Å². The molecule has 1 aliphatic heterocycles. The van der Waals surface area contributed by atoms with Gasteiger partial charge in [0, 0.05) is 25.7 Å². The average Bonchev–Trinajstić information content (AvgIpc) is 2.66. The summed E-state index contributed by atoms with van der Waals surface area (Å²) in [7, 11) is 1.75. The summed E-state index contributed by atoms with van der Waals surface area (Å²) < 4.78 is 5.71. The van der Waals surface area contributed by atoms with E-state index in [9.17, 15) is 9.59 Å². The highest BCUT2D eigenvalue weighted by Crippen LogP contribution is 2.11. The standard InChI is InChI=1S/C21H33N3O4/c1-3-7-18(11-10-17-8-5-4-6-9-17)22-21(27)24-12-13-28-19(15-24)14-23(2)16-20(25)26/h4-6,8-9,18-19H,3,7,10-16H2,1-2H3,(H,22,27)(H,25,26). The summed E-state index contributed by atoms with van der Waals surface area (Å²) in [5, 5.41) is 12.1. The molecule has 2 atom stereocenters. The zero-order valence-electron chi connectivity index (χ0n) is 17.0. The Morgan fingerprint density at radius 2 is 2.07 bits per heavy atom. The van der Waals surface area contributed by atoms with Crippen LogP contribution >= 0.6 is 0 Å². The number of carboxylic acids is 1. The monoisotopic (exact) mass is 391 g/mol. The molecule has 2 N–H and O–H groups in total. The van der Waals surface area contributed by atoms with Gasteiger partial charge in [0.2, 0.25) is 0 Å². The van der Waals surface area contributed by atoms with Crippen molar-refractivity contribution in [1.82, 2.24) is 15.1 Å². The van der Waals surface area contributed by atoms with Gasteiger partial charge in [-0.2, -0.15) is 0 Å². The Kier molecular flexibility index (Phi) is 9.23. The Morgan fingerprint density at radius 1 is 1.32 bits per heavy atom. The van der Waals surface area contributed by atoms with E-state index in [-0.39, 0.29) is 24.7 Å². The summed E-state index contributed by atoms with van der Waals surface area (Å²) in [6.07, 6.45) is 3.66. The van der Waals surface area contributed by atoms with Crippen molar-refractivity contribution in [3.8, 4) is 0 Å². The van der Waals surface area contributed by atoms with Crippen LogP contribution in [0.5, 0.6) is 0 Å². The maximum atomic E-state index is 12.8. The molecule has 0 saturated carbocycles. The fourth-order valence-corrected chi connectivity index (χ4v) is 3.55. The maximum absolute atomic E-state index is 12.8. The first-order valence-corrected chi connectivity index (χ1v) is 10.1. The average molecular weight is 392 g/mol. The lowest BCUT2D eigenvalue weighted by molar-refractivity contribution is -0.138. The van der Waals surface area contributed by atoms with E-state index < -0.39 is 5.97 Å². The molecule has 2 unspecified atom stereocenters. The Labute approximate surface area is 167 Å². The Hall–Kier alpha value is -2.12. The van der Waals surface area contributed by atoms with E-state index in [1.54, 1.807) is 16.8 Å². The summed E-state index contributed by atoms with van der Waals surface area (Å²) in [4.78, 5) is 27.1. The van der Waals surface area contributed by atoms with Gasteiger partial charge in [0.15, 0.2) is 0 Å². The number of likely N-dealkylation sites (N-methyl/N-ethyl adjacent to an activating group) is 1. The molecule has 7 heteroatoms. The SMILES string of the molecule is CCCC(CCc1ccccc1)NC(=O)N1CCOC(CN(C)CC(=O)O)C1. The summed E-state index contributed by atoms with van der Waals surface area (Å²) in [5.41, 5.74) is 1.28. The van der Waals surface area contributed by atoms with Crippen LogP contribution in [0, 0.1) is 0 Å². The smallest absolute Gasteiger partial charge is 0.317 e. The molecule has 1 heterocycles. The van der Waals surface area contributed by atoms with Gasteiger partial charge >= 0.3 is 12.0 Å². The first-order valence-electron chi connectivity index (χ1n) is 10.1. The van der Waals surface area contributed by atoms with Crippen LogP contribution in [0.4, 0.5) is 4.79 Å². The second kappa shape index (κ2) is 11.7. The number of hydrogen-bond donors (Lipinski definition) is 2. The third-order valence-corrected chi connectivity index (χ3v) is 4.94. The fraction of sp³-hybridized carbons (Fsp3) is 0.619. The second-order valence-electron chi connectivity index (χ2n) is 7.49. The van der Waals surface area contributed by atoms with Crippen LogP contribution in [0.3, 0.4) is 0 Å². The highest BCUT2D eigenvalue weighted by molar-refractivity contribution is 5.74. The van der Waals surface area contributed by atoms with E-state index in [1.165, 1.54) is 5.56 Å². The summed E-state index contributed by atoms with van der Waals surface area (Å²) in [6, 6.07) is 10.4. The second-order valence-corrected chi connectivity index (χ2v) is 7.49. The van der Waals surface area contributed by atoms with Crippen molar-refractivity contribution in [2.24, 2.45) is 0 Å². The molecule has 1 aromatic rings. The molecule has 0 bridgehead atoms. The van der Waals surface area contributed by atoms with Gasteiger partial charge < -0.3 is 20.1 Å². The Morgan fingerprint density at radius 3 is 2.75 bits per heavy atom. The topological polar surface area (TPSA) is 82.1 Å². The first-order chi connectivity index (χ1) is 13.5. The van der Waals surface area contributed by atoms with E-state index in [0.717, 1.165) is 25.7 Å². The van der Waals surface area contributed by atoms with Gasteiger partial charge in [-0.3, -0.25) is 9.69 Å². The highest BCUT2D eigenvalue weighted by Gasteiger charge is 2.26. The number of benzene rings is 1. The van der Waals surface area contributed by atoms with Crippen molar-refractivity contribution in [3.63, 3.8) is 0 Å². The van der Waals surface area contributed by atoms with Gasteiger partial charge in [0.25, 0.3) is 0 Å². The van der Waals surface area contributed by atoms with Gasteiger partial charge in [0.05, 0.1) is 19.3 Å². The Bertz CT molecular complexity index is 611. The lowest BCUT2D eigenvalue weighted by Crippen LogP contribution is -2.54. The molecule has 28 heavy (non-hydrogen) atoms. The van der Waals surface area contributed by atoms with Crippen LogP contribution in [-0.4, -0.2) is 78.9 Å². The number of urea groups is 1. The van der Waals surface area contributed by atoms with Gasteiger partial charge in [-0.25, -0.2) is 4.79 Å². The molecule has 1 aromatic carbocycles. The van der Waals surface area contributed by atoms with Gasteiger partial charge in [-0.15, -0.1) is 0 Å². The first kappa shape index (κ1) is 22.2. The van der Waals surface area contributed by atoms with Crippen molar-refractivity contribution in [2.45, 2.75) is 44.8 Å². The minimum atomic E-state index is -0.867. The van der Waals surface area contributed by atoms with Crippen molar-refractivity contribution >= 4 is 12.0 Å². The van der Waals surface area contributed by atoms with Crippen LogP contribution in [0.2, 0.25) is 0 Å². The van der Waals surface area contributed by atoms with Crippen molar-refractivity contribution < 1.29 is 19.4 Å². The molecule has 1 saturated heterocycles. The van der Waals surface area contributed by atoms with E-state index in [0.29, 0.717) is 26.2 Å². The molecule has 0 aromatic heterocycles. The molecular formula is C21H33N3O4. The zero-order valence-corrected chi connectivity index (χ0v) is 17.0. The number of aryl methyl sites for hydroxylation is 1. The molecule has 2 amide bonds. The molecule has 0 spiro atoms. The molecule has 2 rings (SSSR count). The van der Waals surface area contributed by atoms with Crippen LogP contribution < -0.4 is 5.32 Å². The van der Waals surface area contributed by atoms with Crippen molar-refractivity contribution in [2.75, 3.05) is 39.8 Å². The number of carbonyl (C=O) groups is 2. The summed E-state index contributed by atoms with van der Waals surface area (Å²) in [6.45, 7) is 4.09. The molecular weight excluding hydrogens is 358 g/mol. The van der Waals surface area contributed by atoms with E-state index in [2.05, 4.69) is 24.4 Å². The number of nitrogens with one attached hydrogen (secondary N) is 1. The van der Waals surface area contributed by atoms with E-state index in [4.69, 9.17) is 9.84 Å². The van der Waals surface area contributed by atoms with Gasteiger partial charge in [-0.05, 0) is 31.9 Å². The summed E-state index contributed by atoms with van der Waals surface area (Å²) in [5.74, 6) is -0.867. The minimum Gasteiger partial charge on any atom is -0.480 e. The molecule has 1 aliphatic rings. The normalized spacial score (nSPS) is 18.1. The molecule has 0 aliphatic carbocycles. The highest BCUT2D eigenvalue weighted by atomic mass is 16.5. The van der Waals surface area contributed by atoms with E-state index in [1.807, 2.05) is 18.2 Å². The number of amides is 2. The number of nitrogens with zero attached hydrogens (tertiary/aromatic N) is 2. The van der Waals surface area contributed by atoms with Crippen molar-refractivity contribution in [3.05, 3.63) is 35.9 Å². The maximum Gasteiger partial charge on any atom is 0.317 e. The number of carboxylic acid groups (broad SMARTS) is 1. The number of rotatable bonds is 10. The van der Waals surface area contributed by atoms with E-state index >= 15 is 0 Å². The summed E-state index contributed by atoms with van der Waals surface area (Å²) >= 11 is 0. The number of ether oxygens (including phenoxy) is 1. The third-order valence-electron chi connectivity index (χ3n) is 4.94. The van der Waals surface area contributed by atoms with Gasteiger partial charge in [0.1, 0.15) is 0 Å². The minimum absolute atomic E-state index is 0.0376. The predicted molar refractivity (Wildman–Crippen MR) is 108 cm³/mol.